The van der Waals surface area contributed by atoms with Gasteiger partial charge in [-0.25, -0.2) is 4.79 Å². The van der Waals surface area contributed by atoms with Gasteiger partial charge in [-0.3, -0.25) is 4.79 Å². The van der Waals surface area contributed by atoms with Crippen molar-refractivity contribution in [1.82, 2.24) is 10.2 Å². The molecule has 0 aromatic carbocycles. The molecule has 5 heteroatoms. The highest BCUT2D eigenvalue weighted by Gasteiger charge is 2.45. The van der Waals surface area contributed by atoms with Crippen molar-refractivity contribution in [3.8, 4) is 0 Å². The zero-order valence-corrected chi connectivity index (χ0v) is 10.7. The maximum absolute atomic E-state index is 11.9. The van der Waals surface area contributed by atoms with E-state index in [1.807, 2.05) is 20.8 Å². The Bertz CT molecular complexity index is 348. The number of amides is 2. The Morgan fingerprint density at radius 2 is 2.18 bits per heavy atom. The highest BCUT2D eigenvalue weighted by atomic mass is 16.6. The molecule has 2 amide bonds. The molecule has 0 saturated carbocycles. The van der Waals surface area contributed by atoms with Crippen LogP contribution in [-0.4, -0.2) is 42.1 Å². The number of rotatable bonds is 0. The molecule has 2 saturated heterocycles. The Labute approximate surface area is 101 Å². The number of carbonyl (C=O) groups excluding carboxylic acids is 2. The largest absolute Gasteiger partial charge is 0.444 e. The van der Waals surface area contributed by atoms with Crippen molar-refractivity contribution in [2.24, 2.45) is 5.41 Å². The summed E-state index contributed by atoms with van der Waals surface area (Å²) in [5, 5.41) is 2.84. The van der Waals surface area contributed by atoms with Gasteiger partial charge in [0, 0.05) is 31.5 Å². The van der Waals surface area contributed by atoms with Crippen LogP contribution in [-0.2, 0) is 9.53 Å². The van der Waals surface area contributed by atoms with E-state index < -0.39 is 5.60 Å². The van der Waals surface area contributed by atoms with Crippen molar-refractivity contribution in [1.29, 1.82) is 0 Å². The molecule has 1 N–H and O–H groups in total. The first kappa shape index (κ1) is 12.2. The highest BCUT2D eigenvalue weighted by molar-refractivity contribution is 5.79. The van der Waals surface area contributed by atoms with Crippen LogP contribution in [0.4, 0.5) is 4.79 Å². The Kier molecular flexibility index (Phi) is 2.79. The Balaban J connectivity index is 1.94. The van der Waals surface area contributed by atoms with E-state index in [1.54, 1.807) is 4.90 Å². The summed E-state index contributed by atoms with van der Waals surface area (Å²) in [4.78, 5) is 24.9. The topological polar surface area (TPSA) is 58.6 Å². The van der Waals surface area contributed by atoms with Crippen LogP contribution in [0.15, 0.2) is 0 Å². The van der Waals surface area contributed by atoms with Crippen molar-refractivity contribution in [2.45, 2.75) is 39.2 Å². The Morgan fingerprint density at radius 1 is 1.47 bits per heavy atom. The average Bonchev–Trinajstić information content (AvgIpc) is 2.72. The minimum Gasteiger partial charge on any atom is -0.444 e. The summed E-state index contributed by atoms with van der Waals surface area (Å²) in [5.74, 6) is 0.0936. The number of ether oxygens (including phenoxy) is 1. The van der Waals surface area contributed by atoms with E-state index in [-0.39, 0.29) is 17.4 Å². The molecule has 2 aliphatic heterocycles. The van der Waals surface area contributed by atoms with Crippen molar-refractivity contribution < 1.29 is 14.3 Å². The molecule has 0 aromatic rings. The first-order valence-electron chi connectivity index (χ1n) is 6.04. The van der Waals surface area contributed by atoms with E-state index in [2.05, 4.69) is 5.32 Å². The van der Waals surface area contributed by atoms with Crippen molar-refractivity contribution in [3.63, 3.8) is 0 Å². The molecule has 0 bridgehead atoms. The summed E-state index contributed by atoms with van der Waals surface area (Å²) in [6.45, 7) is 7.57. The van der Waals surface area contributed by atoms with Crippen molar-refractivity contribution in [3.05, 3.63) is 0 Å². The molecule has 1 spiro atoms. The van der Waals surface area contributed by atoms with Gasteiger partial charge in [0.05, 0.1) is 0 Å². The molecule has 96 valence electrons. The van der Waals surface area contributed by atoms with Gasteiger partial charge in [-0.05, 0) is 27.2 Å². The quantitative estimate of drug-likeness (QED) is 0.690. The van der Waals surface area contributed by atoms with E-state index in [4.69, 9.17) is 4.74 Å². The second-order valence-electron chi connectivity index (χ2n) is 6.11. The first-order chi connectivity index (χ1) is 7.80. The lowest BCUT2D eigenvalue weighted by atomic mass is 9.86. The molecule has 5 nitrogen and oxygen atoms in total. The number of nitrogens with zero attached hydrogens (tertiary/aromatic N) is 1. The van der Waals surface area contributed by atoms with Gasteiger partial charge in [0.1, 0.15) is 5.60 Å². The molecule has 0 aliphatic carbocycles. The van der Waals surface area contributed by atoms with Crippen LogP contribution in [0.25, 0.3) is 0 Å². The molecular formula is C12H20N2O3. The summed E-state index contributed by atoms with van der Waals surface area (Å²) >= 11 is 0. The number of hydrogen-bond acceptors (Lipinski definition) is 3. The SMILES string of the molecule is CC(C)(C)OC(=O)N1CCC2(CNC(=O)C2)C1. The summed E-state index contributed by atoms with van der Waals surface area (Å²) in [6, 6.07) is 0. The van der Waals surface area contributed by atoms with Gasteiger partial charge < -0.3 is 15.0 Å². The van der Waals surface area contributed by atoms with Crippen LogP contribution < -0.4 is 5.32 Å². The average molecular weight is 240 g/mol. The van der Waals surface area contributed by atoms with Crippen LogP contribution in [0.5, 0.6) is 0 Å². The van der Waals surface area contributed by atoms with Crippen LogP contribution >= 0.6 is 0 Å². The lowest BCUT2D eigenvalue weighted by Crippen LogP contribution is -2.37. The number of nitrogens with one attached hydrogen (secondary N) is 1. The number of likely N-dealkylation sites (tertiary alicyclic amines) is 1. The second-order valence-corrected chi connectivity index (χ2v) is 6.11. The van der Waals surface area contributed by atoms with E-state index >= 15 is 0 Å². The molecule has 2 fully saturated rings. The van der Waals surface area contributed by atoms with Crippen LogP contribution in [0.1, 0.15) is 33.6 Å². The molecule has 0 radical (unpaired) electrons. The molecular weight excluding hydrogens is 220 g/mol. The van der Waals surface area contributed by atoms with Crippen molar-refractivity contribution in [2.75, 3.05) is 19.6 Å². The fourth-order valence-electron chi connectivity index (χ4n) is 2.46. The maximum atomic E-state index is 11.9. The third kappa shape index (κ3) is 2.70. The molecule has 1 atom stereocenters. The van der Waals surface area contributed by atoms with Crippen LogP contribution in [0.2, 0.25) is 0 Å². The Hall–Kier alpha value is -1.26. The molecule has 2 heterocycles. The lowest BCUT2D eigenvalue weighted by molar-refractivity contribution is -0.119. The number of hydrogen-bond donors (Lipinski definition) is 1. The molecule has 0 aromatic heterocycles. The van der Waals surface area contributed by atoms with Crippen molar-refractivity contribution >= 4 is 12.0 Å². The molecule has 1 unspecified atom stereocenters. The lowest BCUT2D eigenvalue weighted by Gasteiger charge is -2.26. The zero-order valence-electron chi connectivity index (χ0n) is 10.7. The third-order valence-corrected chi connectivity index (χ3v) is 3.29. The van der Waals surface area contributed by atoms with E-state index in [9.17, 15) is 9.59 Å². The normalized spacial score (nSPS) is 28.6. The van der Waals surface area contributed by atoms with Gasteiger partial charge in [0.25, 0.3) is 0 Å². The van der Waals surface area contributed by atoms with Gasteiger partial charge >= 0.3 is 6.09 Å². The predicted molar refractivity (Wildman–Crippen MR) is 62.5 cm³/mol. The maximum Gasteiger partial charge on any atom is 0.410 e. The minimum absolute atomic E-state index is 0.0476. The summed E-state index contributed by atoms with van der Waals surface area (Å²) in [5.41, 5.74) is -0.509. The van der Waals surface area contributed by atoms with Gasteiger partial charge in [-0.15, -0.1) is 0 Å². The fraction of sp³-hybridized carbons (Fsp3) is 0.833. The molecule has 2 aliphatic rings. The zero-order chi connectivity index (χ0) is 12.7. The monoisotopic (exact) mass is 240 g/mol. The standard InChI is InChI=1S/C12H20N2O3/c1-11(2,3)17-10(16)14-5-4-12(8-14)6-9(15)13-7-12/h4-8H2,1-3H3,(H,13,15). The number of carbonyl (C=O) groups is 2. The molecule has 2 rings (SSSR count). The van der Waals surface area contributed by atoms with Gasteiger partial charge in [-0.2, -0.15) is 0 Å². The second kappa shape index (κ2) is 3.89. The summed E-state index contributed by atoms with van der Waals surface area (Å²) < 4.78 is 5.33. The molecule has 17 heavy (non-hydrogen) atoms. The smallest absolute Gasteiger partial charge is 0.410 e. The highest BCUT2D eigenvalue weighted by Crippen LogP contribution is 2.36. The van der Waals surface area contributed by atoms with E-state index in [1.165, 1.54) is 0 Å². The van der Waals surface area contributed by atoms with E-state index in [0.717, 1.165) is 6.42 Å². The summed E-state index contributed by atoms with van der Waals surface area (Å²) in [7, 11) is 0. The van der Waals surface area contributed by atoms with Gasteiger partial charge in [0.2, 0.25) is 5.91 Å². The third-order valence-electron chi connectivity index (χ3n) is 3.29. The fourth-order valence-corrected chi connectivity index (χ4v) is 2.46. The summed E-state index contributed by atoms with van der Waals surface area (Å²) in [6.07, 6.45) is 1.14. The minimum atomic E-state index is -0.462. The van der Waals surface area contributed by atoms with Crippen LogP contribution in [0, 0.1) is 5.41 Å². The van der Waals surface area contributed by atoms with E-state index in [0.29, 0.717) is 26.1 Å². The van der Waals surface area contributed by atoms with Gasteiger partial charge in [0.15, 0.2) is 0 Å². The predicted octanol–water partition coefficient (Wildman–Crippen LogP) is 1.13. The first-order valence-corrected chi connectivity index (χ1v) is 6.04. The van der Waals surface area contributed by atoms with Crippen LogP contribution in [0.3, 0.4) is 0 Å². The Morgan fingerprint density at radius 3 is 2.71 bits per heavy atom. The van der Waals surface area contributed by atoms with Gasteiger partial charge in [-0.1, -0.05) is 0 Å².